The number of carbonyl (C=O) groups excluding carboxylic acids is 1. The fourth-order valence-corrected chi connectivity index (χ4v) is 5.02. The molecule has 0 unspecified atom stereocenters. The third-order valence-electron chi connectivity index (χ3n) is 4.40. The number of benzene rings is 2. The highest BCUT2D eigenvalue weighted by Crippen LogP contribution is 2.29. The average molecular weight is 471 g/mol. The monoisotopic (exact) mass is 470 g/mol. The summed E-state index contributed by atoms with van der Waals surface area (Å²) < 4.78 is 51.5. The van der Waals surface area contributed by atoms with Gasteiger partial charge in [0.15, 0.2) is 9.84 Å². The van der Waals surface area contributed by atoms with E-state index >= 15 is 0 Å². The highest BCUT2D eigenvalue weighted by atomic mass is 32.2. The van der Waals surface area contributed by atoms with Crippen LogP contribution in [0.15, 0.2) is 57.2 Å². The molecule has 0 saturated carbocycles. The minimum absolute atomic E-state index is 0.0268. The number of carbonyl (C=O) groups is 1. The second-order valence-electron chi connectivity index (χ2n) is 7.19. The molecular formula is C20H26N2O5S3. The van der Waals surface area contributed by atoms with Gasteiger partial charge in [-0.25, -0.2) is 21.6 Å². The zero-order chi connectivity index (χ0) is 22.7. The summed E-state index contributed by atoms with van der Waals surface area (Å²) in [6.07, 6.45) is 2.96. The van der Waals surface area contributed by atoms with Crippen molar-refractivity contribution in [2.45, 2.75) is 41.5 Å². The molecule has 0 aromatic heterocycles. The summed E-state index contributed by atoms with van der Waals surface area (Å²) in [4.78, 5) is 13.0. The highest BCUT2D eigenvalue weighted by molar-refractivity contribution is 7.98. The predicted octanol–water partition coefficient (Wildman–Crippen LogP) is 3.45. The third kappa shape index (κ3) is 6.07. The number of hydrogen-bond donors (Lipinski definition) is 2. The van der Waals surface area contributed by atoms with Gasteiger partial charge >= 0.3 is 0 Å². The van der Waals surface area contributed by atoms with Crippen LogP contribution in [0.1, 0.15) is 32.4 Å². The van der Waals surface area contributed by atoms with Crippen molar-refractivity contribution < 1.29 is 21.6 Å². The van der Waals surface area contributed by atoms with E-state index in [9.17, 15) is 21.6 Å². The number of sulfone groups is 1. The summed E-state index contributed by atoms with van der Waals surface area (Å²) in [6.45, 7) is 5.19. The Bertz CT molecular complexity index is 1130. The second-order valence-corrected chi connectivity index (χ2v) is 11.8. The van der Waals surface area contributed by atoms with E-state index in [1.807, 2.05) is 6.26 Å². The molecule has 0 aliphatic rings. The zero-order valence-corrected chi connectivity index (χ0v) is 19.9. The minimum atomic E-state index is -3.88. The Morgan fingerprint density at radius 2 is 1.50 bits per heavy atom. The molecule has 0 saturated heterocycles. The van der Waals surface area contributed by atoms with Crippen LogP contribution >= 0.6 is 11.8 Å². The summed E-state index contributed by atoms with van der Waals surface area (Å²) in [6, 6.07) is 10.0. The first kappa shape index (κ1) is 24.4. The van der Waals surface area contributed by atoms with Gasteiger partial charge in [0.05, 0.1) is 15.5 Å². The molecule has 1 amide bonds. The number of nitrogens with one attached hydrogen (secondary N) is 2. The van der Waals surface area contributed by atoms with Gasteiger partial charge in [-0.15, -0.1) is 11.8 Å². The maximum absolute atomic E-state index is 12.9. The fourth-order valence-electron chi connectivity index (χ4n) is 2.60. The van der Waals surface area contributed by atoms with Gasteiger partial charge in [0, 0.05) is 23.1 Å². The van der Waals surface area contributed by atoms with E-state index in [2.05, 4.69) is 10.0 Å². The van der Waals surface area contributed by atoms with Crippen LogP contribution < -0.4 is 10.0 Å². The first-order chi connectivity index (χ1) is 13.8. The fraction of sp³-hybridized carbons (Fsp3) is 0.350. The van der Waals surface area contributed by atoms with Crippen LogP contribution in [-0.4, -0.2) is 35.3 Å². The normalized spacial score (nSPS) is 13.3. The van der Waals surface area contributed by atoms with Gasteiger partial charge in [0.25, 0.3) is 0 Å². The van der Waals surface area contributed by atoms with Crippen molar-refractivity contribution in [2.75, 3.05) is 17.8 Å². The number of thioether (sulfide) groups is 1. The number of hydrogen-bond acceptors (Lipinski definition) is 6. The minimum Gasteiger partial charge on any atom is -0.325 e. The summed E-state index contributed by atoms with van der Waals surface area (Å²) in [5.74, 6) is -0.444. The first-order valence-corrected chi connectivity index (χ1v) is 13.8. The molecular weight excluding hydrogens is 444 g/mol. The van der Waals surface area contributed by atoms with E-state index in [4.69, 9.17) is 0 Å². The van der Waals surface area contributed by atoms with E-state index in [-0.39, 0.29) is 21.6 Å². The smallest absolute Gasteiger partial charge is 0.241 e. The van der Waals surface area contributed by atoms with E-state index in [0.29, 0.717) is 11.3 Å². The van der Waals surface area contributed by atoms with Gasteiger partial charge in [-0.3, -0.25) is 4.79 Å². The largest absolute Gasteiger partial charge is 0.325 e. The van der Waals surface area contributed by atoms with E-state index in [1.165, 1.54) is 36.0 Å². The lowest BCUT2D eigenvalue weighted by molar-refractivity contribution is -0.118. The zero-order valence-electron chi connectivity index (χ0n) is 17.5. The van der Waals surface area contributed by atoms with Crippen molar-refractivity contribution in [3.8, 4) is 0 Å². The molecule has 2 aromatic rings. The second kappa shape index (κ2) is 9.51. The Morgan fingerprint density at radius 3 is 2.00 bits per heavy atom. The van der Waals surface area contributed by atoms with Gasteiger partial charge in [0.2, 0.25) is 15.9 Å². The van der Waals surface area contributed by atoms with Crippen LogP contribution in [0.3, 0.4) is 0 Å². The summed E-state index contributed by atoms with van der Waals surface area (Å²) >= 11 is 1.40. The van der Waals surface area contributed by atoms with Crippen LogP contribution in [-0.2, 0) is 24.7 Å². The molecule has 2 aromatic carbocycles. The van der Waals surface area contributed by atoms with Gasteiger partial charge < -0.3 is 5.32 Å². The van der Waals surface area contributed by atoms with E-state index in [1.54, 1.807) is 39.0 Å². The molecule has 1 atom stereocenters. The van der Waals surface area contributed by atoms with Crippen LogP contribution in [0.25, 0.3) is 0 Å². The summed E-state index contributed by atoms with van der Waals surface area (Å²) in [7, 11) is -7.20. The summed E-state index contributed by atoms with van der Waals surface area (Å²) in [5.41, 5.74) is 1.06. The van der Waals surface area contributed by atoms with Crippen LogP contribution in [0.4, 0.5) is 5.69 Å². The number of amides is 1. The van der Waals surface area contributed by atoms with Crippen molar-refractivity contribution in [1.29, 1.82) is 0 Å². The average Bonchev–Trinajstić information content (AvgIpc) is 2.66. The molecule has 0 radical (unpaired) electrons. The Balaban J connectivity index is 2.29. The molecule has 0 bridgehead atoms. The third-order valence-corrected chi connectivity index (χ3v) is 7.87. The Kier molecular flexibility index (Phi) is 7.73. The number of sulfonamides is 1. The molecule has 30 heavy (non-hydrogen) atoms. The van der Waals surface area contributed by atoms with Crippen molar-refractivity contribution >= 4 is 43.2 Å². The molecule has 2 N–H and O–H groups in total. The summed E-state index contributed by atoms with van der Waals surface area (Å²) in [5, 5.41) is 2.77. The van der Waals surface area contributed by atoms with Crippen molar-refractivity contribution in [2.24, 2.45) is 5.92 Å². The maximum atomic E-state index is 12.9. The SMILES string of the molecule is CSc1ccc(S(=O)(=O)N[C@H](C)c2ccc(S(C)(=O)=O)cc2)cc1NC(=O)C(C)C. The molecule has 0 heterocycles. The molecule has 10 heteroatoms. The molecule has 0 spiro atoms. The van der Waals surface area contributed by atoms with Crippen LogP contribution in [0.2, 0.25) is 0 Å². The lowest BCUT2D eigenvalue weighted by Gasteiger charge is -2.17. The Labute approximate surface area is 182 Å². The van der Waals surface area contributed by atoms with Crippen molar-refractivity contribution in [3.05, 3.63) is 48.0 Å². The Hall–Kier alpha value is -1.88. The topological polar surface area (TPSA) is 109 Å². The van der Waals surface area contributed by atoms with Crippen LogP contribution in [0, 0.1) is 5.92 Å². The maximum Gasteiger partial charge on any atom is 0.241 e. The molecule has 2 rings (SSSR count). The first-order valence-electron chi connectivity index (χ1n) is 9.16. The predicted molar refractivity (Wildman–Crippen MR) is 120 cm³/mol. The van der Waals surface area contributed by atoms with E-state index < -0.39 is 25.9 Å². The molecule has 0 fully saturated rings. The van der Waals surface area contributed by atoms with E-state index in [0.717, 1.165) is 11.2 Å². The highest BCUT2D eigenvalue weighted by Gasteiger charge is 2.21. The Morgan fingerprint density at radius 1 is 0.933 bits per heavy atom. The van der Waals surface area contributed by atoms with Crippen LogP contribution in [0.5, 0.6) is 0 Å². The van der Waals surface area contributed by atoms with Crippen molar-refractivity contribution in [3.63, 3.8) is 0 Å². The van der Waals surface area contributed by atoms with Gasteiger partial charge in [0.1, 0.15) is 0 Å². The standard InChI is InChI=1S/C20H26N2O5S3/c1-13(2)20(23)21-18-12-17(10-11-19(18)28-4)30(26,27)22-14(3)15-6-8-16(9-7-15)29(5,24)25/h6-14,22H,1-5H3,(H,21,23)/t14-/m1/s1. The lowest BCUT2D eigenvalue weighted by Crippen LogP contribution is -2.27. The quantitative estimate of drug-likeness (QED) is 0.572. The lowest BCUT2D eigenvalue weighted by atomic mass is 10.1. The molecule has 0 aliphatic heterocycles. The molecule has 0 aliphatic carbocycles. The van der Waals surface area contributed by atoms with Crippen molar-refractivity contribution in [1.82, 2.24) is 4.72 Å². The molecule has 164 valence electrons. The molecule has 7 nitrogen and oxygen atoms in total. The number of anilines is 1. The number of rotatable bonds is 8. The van der Waals surface area contributed by atoms with Gasteiger partial charge in [-0.05, 0) is 49.1 Å². The van der Waals surface area contributed by atoms with Gasteiger partial charge in [-0.1, -0.05) is 26.0 Å². The van der Waals surface area contributed by atoms with Gasteiger partial charge in [-0.2, -0.15) is 0 Å².